The average Bonchev–Trinajstić information content (AvgIpc) is 3.26. The molecule has 0 saturated heterocycles. The van der Waals surface area contributed by atoms with Crippen LogP contribution in [-0.4, -0.2) is 32.8 Å². The molecule has 0 bridgehead atoms. The fourth-order valence-corrected chi connectivity index (χ4v) is 4.99. The van der Waals surface area contributed by atoms with Crippen molar-refractivity contribution in [3.8, 4) is 5.88 Å². The number of hydrogen-bond acceptors (Lipinski definition) is 6. The van der Waals surface area contributed by atoms with Gasteiger partial charge in [0.2, 0.25) is 5.88 Å². The van der Waals surface area contributed by atoms with Crippen LogP contribution in [0.5, 0.6) is 5.88 Å². The van der Waals surface area contributed by atoms with Crippen molar-refractivity contribution in [1.82, 2.24) is 9.47 Å². The smallest absolute Gasteiger partial charge is 0.304 e. The number of hydrogen-bond donors (Lipinski definition) is 1. The number of carbonyl (C=O) groups is 1. The molecule has 1 N–H and O–H groups in total. The second-order valence-electron chi connectivity index (χ2n) is 9.77. The number of rotatable bonds is 11. The Hall–Kier alpha value is -4.60. The Labute approximate surface area is 252 Å². The number of nitrogens with zero attached hydrogens (tertiary/aromatic N) is 5. The van der Waals surface area contributed by atoms with Crippen LogP contribution in [0.15, 0.2) is 129 Å². The summed E-state index contributed by atoms with van der Waals surface area (Å²) >= 11 is 3.51. The van der Waals surface area contributed by atoms with Crippen molar-refractivity contribution in [2.45, 2.75) is 26.7 Å². The minimum Gasteiger partial charge on any atom is -0.493 e. The van der Waals surface area contributed by atoms with Gasteiger partial charge >= 0.3 is 5.91 Å². The first kappa shape index (κ1) is 28.9. The van der Waals surface area contributed by atoms with Crippen LogP contribution < -0.4 is 0 Å². The largest absolute Gasteiger partial charge is 0.493 e. The van der Waals surface area contributed by atoms with Gasteiger partial charge in [-0.25, -0.2) is 0 Å². The Morgan fingerprint density at radius 3 is 2.10 bits per heavy atom. The Morgan fingerprint density at radius 1 is 0.881 bits per heavy atom. The highest BCUT2D eigenvalue weighted by Crippen LogP contribution is 2.40. The van der Waals surface area contributed by atoms with Gasteiger partial charge in [-0.1, -0.05) is 112 Å². The van der Waals surface area contributed by atoms with Gasteiger partial charge < -0.3 is 9.94 Å². The topological polar surface area (TPSA) is 91.8 Å². The molecule has 4 aromatic carbocycles. The highest BCUT2D eigenvalue weighted by molar-refractivity contribution is 9.10. The summed E-state index contributed by atoms with van der Waals surface area (Å²) in [7, 11) is 0. The van der Waals surface area contributed by atoms with E-state index in [0.29, 0.717) is 30.9 Å². The zero-order chi connectivity index (χ0) is 29.3. The molecule has 0 radical (unpaired) electrons. The van der Waals surface area contributed by atoms with Crippen molar-refractivity contribution in [2.24, 2.45) is 15.4 Å². The van der Waals surface area contributed by atoms with E-state index in [1.54, 1.807) is 11.5 Å². The second kappa shape index (κ2) is 13.8. The standard InChI is InChI=1S/C33H30BrN5O3/c1-24(27-15-9-4-10-16-27)37-42-22-31(40)35-36-32-29-19-28(34)17-18-30(29)39(33(32)41)23-38(20-25-11-5-2-6-12-25)21-26-13-7-3-8-14-26/h2-19,41H,20-23H2,1H3. The minimum absolute atomic E-state index is 0.0790. The lowest BCUT2D eigenvalue weighted by Gasteiger charge is -2.24. The fraction of sp³-hybridized carbons (Fsp3) is 0.152. The normalized spacial score (nSPS) is 11.9. The summed E-state index contributed by atoms with van der Waals surface area (Å²) < 4.78 is 2.60. The van der Waals surface area contributed by atoms with E-state index in [2.05, 4.69) is 60.5 Å². The van der Waals surface area contributed by atoms with Crippen LogP contribution >= 0.6 is 15.9 Å². The van der Waals surface area contributed by atoms with Gasteiger partial charge in [-0.2, -0.15) is 0 Å². The Balaban J connectivity index is 1.38. The first-order chi connectivity index (χ1) is 20.5. The van der Waals surface area contributed by atoms with E-state index in [0.717, 1.165) is 26.7 Å². The maximum atomic E-state index is 12.5. The van der Waals surface area contributed by atoms with Crippen LogP contribution in [0.3, 0.4) is 0 Å². The summed E-state index contributed by atoms with van der Waals surface area (Å²) in [6, 6.07) is 35.6. The molecule has 9 heteroatoms. The molecule has 1 amide bonds. The molecule has 5 rings (SSSR count). The second-order valence-corrected chi connectivity index (χ2v) is 10.7. The average molecular weight is 625 g/mol. The minimum atomic E-state index is -0.621. The number of fused-ring (bicyclic) bond motifs is 1. The summed E-state index contributed by atoms with van der Waals surface area (Å²) in [5.41, 5.74) is 4.82. The zero-order valence-electron chi connectivity index (χ0n) is 23.1. The Morgan fingerprint density at radius 2 is 1.48 bits per heavy atom. The number of oxime groups is 1. The number of amides is 1. The highest BCUT2D eigenvalue weighted by Gasteiger charge is 2.20. The van der Waals surface area contributed by atoms with E-state index >= 15 is 0 Å². The molecule has 0 aliphatic carbocycles. The SMILES string of the molecule is CC(=NOCC(=O)N=Nc1c(O)n(CN(Cc2ccccc2)Cc2ccccc2)c2ccc(Br)cc12)c1ccccc1. The maximum absolute atomic E-state index is 12.5. The van der Waals surface area contributed by atoms with Gasteiger partial charge in [0.25, 0.3) is 0 Å². The first-order valence-electron chi connectivity index (χ1n) is 13.5. The molecular weight excluding hydrogens is 594 g/mol. The number of benzene rings is 4. The highest BCUT2D eigenvalue weighted by atomic mass is 79.9. The fourth-order valence-electron chi connectivity index (χ4n) is 4.63. The molecule has 0 atom stereocenters. The van der Waals surface area contributed by atoms with Crippen molar-refractivity contribution in [3.63, 3.8) is 0 Å². The van der Waals surface area contributed by atoms with E-state index in [9.17, 15) is 9.90 Å². The summed E-state index contributed by atoms with van der Waals surface area (Å²) in [6.07, 6.45) is 0. The van der Waals surface area contributed by atoms with Crippen LogP contribution in [0.25, 0.3) is 10.9 Å². The lowest BCUT2D eigenvalue weighted by Crippen LogP contribution is -2.25. The van der Waals surface area contributed by atoms with Crippen molar-refractivity contribution < 1.29 is 14.7 Å². The van der Waals surface area contributed by atoms with Crippen LogP contribution in [0.1, 0.15) is 23.6 Å². The molecule has 0 fully saturated rings. The first-order valence-corrected chi connectivity index (χ1v) is 14.2. The number of aromatic nitrogens is 1. The monoisotopic (exact) mass is 623 g/mol. The summed E-state index contributed by atoms with van der Waals surface area (Å²) in [4.78, 5) is 19.9. The summed E-state index contributed by atoms with van der Waals surface area (Å²) in [5, 5.41) is 24.0. The predicted octanol–water partition coefficient (Wildman–Crippen LogP) is 7.82. The lowest BCUT2D eigenvalue weighted by molar-refractivity contribution is -0.122. The van der Waals surface area contributed by atoms with Crippen molar-refractivity contribution in [3.05, 3.63) is 130 Å². The van der Waals surface area contributed by atoms with Gasteiger partial charge in [0, 0.05) is 22.9 Å². The number of carbonyl (C=O) groups excluding carboxylic acids is 1. The van der Waals surface area contributed by atoms with Gasteiger partial charge in [-0.3, -0.25) is 14.3 Å². The Bertz CT molecular complexity index is 1660. The number of azo groups is 1. The number of halogens is 1. The van der Waals surface area contributed by atoms with Crippen LogP contribution in [-0.2, 0) is 29.4 Å². The van der Waals surface area contributed by atoms with Gasteiger partial charge in [-0.15, -0.1) is 10.2 Å². The molecule has 1 heterocycles. The van der Waals surface area contributed by atoms with E-state index in [1.807, 2.05) is 84.9 Å². The maximum Gasteiger partial charge on any atom is 0.304 e. The zero-order valence-corrected chi connectivity index (χ0v) is 24.7. The van der Waals surface area contributed by atoms with Crippen molar-refractivity contribution in [1.29, 1.82) is 0 Å². The Kier molecular flexibility index (Phi) is 9.53. The van der Waals surface area contributed by atoms with Gasteiger partial charge in [0.15, 0.2) is 12.3 Å². The summed E-state index contributed by atoms with van der Waals surface area (Å²) in [5.74, 6) is -0.700. The van der Waals surface area contributed by atoms with Gasteiger partial charge in [-0.05, 0) is 41.8 Å². The molecule has 0 unspecified atom stereocenters. The van der Waals surface area contributed by atoms with Crippen molar-refractivity contribution in [2.75, 3.05) is 6.61 Å². The molecule has 0 saturated carbocycles. The van der Waals surface area contributed by atoms with Crippen molar-refractivity contribution >= 4 is 44.1 Å². The molecular formula is C33H30BrN5O3. The number of aromatic hydroxyl groups is 1. The van der Waals surface area contributed by atoms with Gasteiger partial charge in [0.05, 0.1) is 17.9 Å². The molecule has 5 aromatic rings. The summed E-state index contributed by atoms with van der Waals surface area (Å²) in [6.45, 7) is 3.14. The molecule has 212 valence electrons. The quantitative estimate of drug-likeness (QED) is 0.0922. The molecule has 42 heavy (non-hydrogen) atoms. The molecule has 1 aromatic heterocycles. The van der Waals surface area contributed by atoms with Crippen LogP contribution in [0, 0.1) is 0 Å². The van der Waals surface area contributed by atoms with Crippen LogP contribution in [0.2, 0.25) is 0 Å². The van der Waals surface area contributed by atoms with Gasteiger partial charge in [0.1, 0.15) is 0 Å². The molecule has 0 aliphatic heterocycles. The third-order valence-electron chi connectivity index (χ3n) is 6.65. The van der Waals surface area contributed by atoms with Crippen LogP contribution in [0.4, 0.5) is 5.69 Å². The molecule has 0 aliphatic rings. The van der Waals surface area contributed by atoms with E-state index < -0.39 is 5.91 Å². The molecule has 8 nitrogen and oxygen atoms in total. The van der Waals surface area contributed by atoms with E-state index in [1.165, 1.54) is 0 Å². The third-order valence-corrected chi connectivity index (χ3v) is 7.15. The lowest BCUT2D eigenvalue weighted by atomic mass is 10.1. The predicted molar refractivity (Wildman–Crippen MR) is 168 cm³/mol. The molecule has 0 spiro atoms. The van der Waals surface area contributed by atoms with E-state index in [4.69, 9.17) is 4.84 Å². The van der Waals surface area contributed by atoms with E-state index in [-0.39, 0.29) is 18.2 Å². The third kappa shape index (κ3) is 7.37.